The standard InChI is InChI=1S/C26H22N2O5/c1-15(2)32-20-6-4-5-18(13-20)24(29)22-23(21-12-7-16(3)33-21)28(26(31)25(22)30)19-10-8-17(14-27)9-11-19/h4-13,15,23,29H,1-3H3/b24-22-. The molecule has 7 nitrogen and oxygen atoms in total. The van der Waals surface area contributed by atoms with Crippen molar-refractivity contribution in [2.45, 2.75) is 32.9 Å². The topological polar surface area (TPSA) is 104 Å². The molecule has 0 saturated carbocycles. The number of aliphatic hydroxyl groups is 1. The number of Topliss-reactive ketones (excluding diaryl/α,β-unsaturated/α-hetero) is 1. The summed E-state index contributed by atoms with van der Waals surface area (Å²) >= 11 is 0. The summed E-state index contributed by atoms with van der Waals surface area (Å²) < 4.78 is 11.5. The van der Waals surface area contributed by atoms with Crippen molar-refractivity contribution in [2.75, 3.05) is 4.90 Å². The van der Waals surface area contributed by atoms with Crippen LogP contribution in [0.5, 0.6) is 5.75 Å². The summed E-state index contributed by atoms with van der Waals surface area (Å²) in [6.07, 6.45) is -0.0737. The van der Waals surface area contributed by atoms with Crippen LogP contribution >= 0.6 is 0 Å². The number of aliphatic hydroxyl groups excluding tert-OH is 1. The van der Waals surface area contributed by atoms with Gasteiger partial charge in [-0.15, -0.1) is 0 Å². The largest absolute Gasteiger partial charge is 0.507 e. The summed E-state index contributed by atoms with van der Waals surface area (Å²) in [4.78, 5) is 27.5. The van der Waals surface area contributed by atoms with Gasteiger partial charge in [-0.25, -0.2) is 0 Å². The Balaban J connectivity index is 1.88. The fraction of sp³-hybridized carbons (Fsp3) is 0.192. The molecule has 1 unspecified atom stereocenters. The van der Waals surface area contributed by atoms with Gasteiger partial charge in [0.15, 0.2) is 0 Å². The first-order valence-electron chi connectivity index (χ1n) is 10.4. The van der Waals surface area contributed by atoms with E-state index in [-0.39, 0.29) is 17.4 Å². The van der Waals surface area contributed by atoms with E-state index >= 15 is 0 Å². The Bertz CT molecular complexity index is 1290. The number of rotatable bonds is 5. The highest BCUT2D eigenvalue weighted by Crippen LogP contribution is 2.42. The van der Waals surface area contributed by atoms with Crippen LogP contribution in [0.3, 0.4) is 0 Å². The van der Waals surface area contributed by atoms with Crippen LogP contribution in [0.15, 0.2) is 70.7 Å². The minimum absolute atomic E-state index is 0.0737. The molecule has 166 valence electrons. The van der Waals surface area contributed by atoms with Gasteiger partial charge in [0, 0.05) is 11.3 Å². The highest BCUT2D eigenvalue weighted by molar-refractivity contribution is 6.51. The van der Waals surface area contributed by atoms with Crippen molar-refractivity contribution in [3.8, 4) is 11.8 Å². The van der Waals surface area contributed by atoms with Gasteiger partial charge in [-0.2, -0.15) is 5.26 Å². The van der Waals surface area contributed by atoms with Crippen LogP contribution in [0.2, 0.25) is 0 Å². The maximum absolute atomic E-state index is 13.1. The van der Waals surface area contributed by atoms with Crippen LogP contribution in [0.4, 0.5) is 5.69 Å². The number of anilines is 1. The van der Waals surface area contributed by atoms with E-state index in [1.54, 1.807) is 67.6 Å². The molecule has 33 heavy (non-hydrogen) atoms. The van der Waals surface area contributed by atoms with E-state index in [1.807, 2.05) is 19.9 Å². The summed E-state index contributed by atoms with van der Waals surface area (Å²) in [7, 11) is 0. The number of amides is 1. The number of hydrogen-bond donors (Lipinski definition) is 1. The van der Waals surface area contributed by atoms with Gasteiger partial charge in [0.25, 0.3) is 11.7 Å². The minimum atomic E-state index is -0.971. The number of ketones is 1. The zero-order chi connectivity index (χ0) is 23.7. The lowest BCUT2D eigenvalue weighted by atomic mass is 9.99. The summed E-state index contributed by atoms with van der Waals surface area (Å²) in [6, 6.07) is 17.5. The Hall–Kier alpha value is -4.31. The Morgan fingerprint density at radius 1 is 1.12 bits per heavy atom. The van der Waals surface area contributed by atoms with E-state index < -0.39 is 17.7 Å². The van der Waals surface area contributed by atoms with E-state index in [1.165, 1.54) is 4.90 Å². The number of hydrogen-bond acceptors (Lipinski definition) is 6. The molecule has 1 saturated heterocycles. The zero-order valence-corrected chi connectivity index (χ0v) is 18.4. The van der Waals surface area contributed by atoms with Crippen LogP contribution in [0.1, 0.15) is 42.5 Å². The molecule has 1 aromatic heterocycles. The first-order valence-corrected chi connectivity index (χ1v) is 10.4. The Labute approximate surface area is 191 Å². The molecular weight excluding hydrogens is 420 g/mol. The van der Waals surface area contributed by atoms with E-state index in [9.17, 15) is 14.7 Å². The number of benzene rings is 2. The fourth-order valence-corrected chi connectivity index (χ4v) is 3.81. The second kappa shape index (κ2) is 8.67. The van der Waals surface area contributed by atoms with Crippen molar-refractivity contribution in [3.05, 3.63) is 88.9 Å². The third-order valence-electron chi connectivity index (χ3n) is 5.23. The summed E-state index contributed by atoms with van der Waals surface area (Å²) in [5.74, 6) is -0.477. The lowest BCUT2D eigenvalue weighted by Gasteiger charge is -2.23. The van der Waals surface area contributed by atoms with Crippen LogP contribution in [-0.4, -0.2) is 22.9 Å². The predicted octanol–water partition coefficient (Wildman–Crippen LogP) is 4.87. The van der Waals surface area contributed by atoms with E-state index in [2.05, 4.69) is 0 Å². The first kappa shape index (κ1) is 21.9. The van der Waals surface area contributed by atoms with Gasteiger partial charge in [0.1, 0.15) is 29.1 Å². The van der Waals surface area contributed by atoms with Crippen LogP contribution in [0, 0.1) is 18.3 Å². The van der Waals surface area contributed by atoms with Gasteiger partial charge < -0.3 is 14.3 Å². The Morgan fingerprint density at radius 3 is 2.45 bits per heavy atom. The molecule has 0 aliphatic carbocycles. The number of nitrogens with zero attached hydrogens (tertiary/aromatic N) is 2. The molecule has 0 radical (unpaired) electrons. The molecule has 2 heterocycles. The molecule has 1 atom stereocenters. The summed E-state index contributed by atoms with van der Waals surface area (Å²) in [6.45, 7) is 5.52. The molecule has 1 amide bonds. The molecule has 0 spiro atoms. The number of aryl methyl sites for hydroxylation is 1. The minimum Gasteiger partial charge on any atom is -0.507 e. The third kappa shape index (κ3) is 4.11. The van der Waals surface area contributed by atoms with Crippen molar-refractivity contribution in [2.24, 2.45) is 0 Å². The highest BCUT2D eigenvalue weighted by Gasteiger charge is 2.48. The van der Waals surface area contributed by atoms with E-state index in [0.29, 0.717) is 34.1 Å². The second-order valence-corrected chi connectivity index (χ2v) is 7.97. The maximum atomic E-state index is 13.1. The maximum Gasteiger partial charge on any atom is 0.300 e. The molecular formula is C26H22N2O5. The number of ether oxygens (including phenoxy) is 1. The van der Waals surface area contributed by atoms with Crippen LogP contribution in [-0.2, 0) is 9.59 Å². The molecule has 3 aromatic rings. The lowest BCUT2D eigenvalue weighted by molar-refractivity contribution is -0.132. The molecule has 2 aromatic carbocycles. The SMILES string of the molecule is Cc1ccc(C2/C(=C(/O)c3cccc(OC(C)C)c3)C(=O)C(=O)N2c2ccc(C#N)cc2)o1. The van der Waals surface area contributed by atoms with Gasteiger partial charge >= 0.3 is 0 Å². The Kier molecular flexibility index (Phi) is 5.76. The molecule has 0 bridgehead atoms. The smallest absolute Gasteiger partial charge is 0.300 e. The second-order valence-electron chi connectivity index (χ2n) is 7.97. The normalized spacial score (nSPS) is 17.4. The highest BCUT2D eigenvalue weighted by atomic mass is 16.5. The number of carbonyl (C=O) groups is 2. The molecule has 1 fully saturated rings. The van der Waals surface area contributed by atoms with Crippen molar-refractivity contribution in [3.63, 3.8) is 0 Å². The molecule has 1 N–H and O–H groups in total. The molecule has 4 rings (SSSR count). The van der Waals surface area contributed by atoms with Crippen molar-refractivity contribution >= 4 is 23.1 Å². The average molecular weight is 442 g/mol. The van der Waals surface area contributed by atoms with Gasteiger partial charge in [-0.3, -0.25) is 14.5 Å². The lowest BCUT2D eigenvalue weighted by Crippen LogP contribution is -2.29. The molecule has 7 heteroatoms. The average Bonchev–Trinajstić information content (AvgIpc) is 3.34. The summed E-state index contributed by atoms with van der Waals surface area (Å²) in [5.41, 5.74) is 1.09. The van der Waals surface area contributed by atoms with Crippen LogP contribution in [0.25, 0.3) is 5.76 Å². The number of nitriles is 1. The quantitative estimate of drug-likeness (QED) is 0.343. The Morgan fingerprint density at radius 2 is 1.85 bits per heavy atom. The fourth-order valence-electron chi connectivity index (χ4n) is 3.81. The summed E-state index contributed by atoms with van der Waals surface area (Å²) in [5, 5.41) is 20.3. The number of carbonyl (C=O) groups excluding carboxylic acids is 2. The first-order chi connectivity index (χ1) is 15.8. The number of furan rings is 1. The predicted molar refractivity (Wildman–Crippen MR) is 122 cm³/mol. The van der Waals surface area contributed by atoms with Crippen molar-refractivity contribution in [1.82, 2.24) is 0 Å². The van der Waals surface area contributed by atoms with Gasteiger partial charge in [0.2, 0.25) is 0 Å². The monoisotopic (exact) mass is 442 g/mol. The van der Waals surface area contributed by atoms with Gasteiger partial charge in [-0.1, -0.05) is 12.1 Å². The zero-order valence-electron chi connectivity index (χ0n) is 18.4. The third-order valence-corrected chi connectivity index (χ3v) is 5.23. The van der Waals surface area contributed by atoms with E-state index in [4.69, 9.17) is 14.4 Å². The molecule has 1 aliphatic heterocycles. The van der Waals surface area contributed by atoms with Crippen LogP contribution < -0.4 is 9.64 Å². The van der Waals surface area contributed by atoms with Gasteiger partial charge in [0.05, 0.1) is 23.3 Å². The van der Waals surface area contributed by atoms with Crippen molar-refractivity contribution in [1.29, 1.82) is 5.26 Å². The molecule has 1 aliphatic rings. The van der Waals surface area contributed by atoms with Gasteiger partial charge in [-0.05, 0) is 69.3 Å². The van der Waals surface area contributed by atoms with Crippen molar-refractivity contribution < 1.29 is 23.8 Å². The van der Waals surface area contributed by atoms with E-state index in [0.717, 1.165) is 0 Å².